The highest BCUT2D eigenvalue weighted by molar-refractivity contribution is 6.36. The molecule has 0 aromatic heterocycles. The molecule has 1 unspecified atom stereocenters. The Morgan fingerprint density at radius 2 is 1.94 bits per heavy atom. The predicted molar refractivity (Wildman–Crippen MR) is 73.7 cm³/mol. The lowest BCUT2D eigenvalue weighted by atomic mass is 9.89. The molecule has 1 aliphatic carbocycles. The molecule has 2 N–H and O–H groups in total. The van der Waals surface area contributed by atoms with E-state index in [4.69, 9.17) is 28.9 Å². The molecule has 1 fully saturated rings. The van der Waals surface area contributed by atoms with E-state index in [0.29, 0.717) is 22.6 Å². The molecule has 0 bridgehead atoms. The summed E-state index contributed by atoms with van der Waals surface area (Å²) >= 11 is 12.5. The topological polar surface area (TPSA) is 29.3 Å². The Hall–Kier alpha value is -0.280. The van der Waals surface area contributed by atoms with E-state index in [2.05, 4.69) is 11.9 Å². The summed E-state index contributed by atoms with van der Waals surface area (Å²) < 4.78 is 0. The first-order valence-corrected chi connectivity index (χ1v) is 6.76. The normalized spacial score (nSPS) is 18.2. The van der Waals surface area contributed by atoms with Gasteiger partial charge < -0.3 is 5.73 Å². The van der Waals surface area contributed by atoms with Crippen molar-refractivity contribution < 1.29 is 0 Å². The molecule has 1 aliphatic rings. The van der Waals surface area contributed by atoms with Gasteiger partial charge in [0.05, 0.1) is 0 Å². The average Bonchev–Trinajstić information content (AvgIpc) is 2.21. The predicted octanol–water partition coefficient (Wildman–Crippen LogP) is 3.48. The monoisotopic (exact) mass is 272 g/mol. The summed E-state index contributed by atoms with van der Waals surface area (Å²) in [4.78, 5) is 2.32. The molecular weight excluding hydrogens is 255 g/mol. The van der Waals surface area contributed by atoms with Crippen LogP contribution in [-0.2, 0) is 0 Å². The van der Waals surface area contributed by atoms with E-state index in [1.54, 1.807) is 0 Å². The Kier molecular flexibility index (Phi) is 4.31. The van der Waals surface area contributed by atoms with E-state index in [1.165, 1.54) is 19.3 Å². The molecule has 2 rings (SSSR count). The summed E-state index contributed by atoms with van der Waals surface area (Å²) in [7, 11) is 2.11. The van der Waals surface area contributed by atoms with Crippen LogP contribution in [0.5, 0.6) is 0 Å². The molecule has 0 radical (unpaired) electrons. The van der Waals surface area contributed by atoms with Crippen molar-refractivity contribution in [2.75, 3.05) is 13.6 Å². The minimum atomic E-state index is 0.112. The van der Waals surface area contributed by atoms with Gasteiger partial charge >= 0.3 is 0 Å². The van der Waals surface area contributed by atoms with E-state index in [9.17, 15) is 0 Å². The second-order valence-corrected chi connectivity index (χ2v) is 5.45. The summed E-state index contributed by atoms with van der Waals surface area (Å²) in [5.74, 6) is 0. The average molecular weight is 273 g/mol. The maximum Gasteiger partial charge on any atom is 0.0499 e. The van der Waals surface area contributed by atoms with Gasteiger partial charge in [0.15, 0.2) is 0 Å². The van der Waals surface area contributed by atoms with Gasteiger partial charge in [0, 0.05) is 34.2 Å². The number of nitrogens with zero attached hydrogens (tertiary/aromatic N) is 1. The third-order valence-electron chi connectivity index (χ3n) is 3.70. The first kappa shape index (κ1) is 13.2. The maximum atomic E-state index is 6.25. The first-order valence-electron chi connectivity index (χ1n) is 6.01. The summed E-state index contributed by atoms with van der Waals surface area (Å²) in [6, 6.07) is 6.35. The lowest BCUT2D eigenvalue weighted by molar-refractivity contribution is 0.113. The van der Waals surface area contributed by atoms with Gasteiger partial charge in [-0.25, -0.2) is 0 Å². The lowest BCUT2D eigenvalue weighted by Crippen LogP contribution is -2.42. The molecule has 0 aliphatic heterocycles. The Balaban J connectivity index is 2.27. The molecule has 0 heterocycles. The smallest absolute Gasteiger partial charge is 0.0499 e. The fraction of sp³-hybridized carbons (Fsp3) is 0.538. The molecule has 1 aromatic carbocycles. The zero-order valence-electron chi connectivity index (χ0n) is 10.00. The van der Waals surface area contributed by atoms with E-state index >= 15 is 0 Å². The van der Waals surface area contributed by atoms with Gasteiger partial charge in [0.2, 0.25) is 0 Å². The van der Waals surface area contributed by atoms with Crippen LogP contribution in [0, 0.1) is 0 Å². The maximum absolute atomic E-state index is 6.25. The molecule has 0 amide bonds. The van der Waals surface area contributed by atoms with Crippen molar-refractivity contribution in [1.82, 2.24) is 4.90 Å². The van der Waals surface area contributed by atoms with Crippen molar-refractivity contribution >= 4 is 23.2 Å². The van der Waals surface area contributed by atoms with Crippen LogP contribution in [0.1, 0.15) is 30.9 Å². The Bertz CT molecular complexity index is 371. The highest BCUT2D eigenvalue weighted by Gasteiger charge is 2.29. The number of nitrogens with two attached hydrogens (primary N) is 1. The van der Waals surface area contributed by atoms with Crippen molar-refractivity contribution in [3.05, 3.63) is 33.8 Å². The number of likely N-dealkylation sites (N-methyl/N-ethyl adjacent to an activating group) is 1. The highest BCUT2D eigenvalue weighted by Crippen LogP contribution is 2.36. The molecule has 1 aromatic rings. The summed E-state index contributed by atoms with van der Waals surface area (Å²) in [6.45, 7) is 0.538. The minimum absolute atomic E-state index is 0.112. The Labute approximate surface area is 113 Å². The first-order chi connectivity index (χ1) is 8.15. The van der Waals surface area contributed by atoms with E-state index in [0.717, 1.165) is 5.56 Å². The Morgan fingerprint density at radius 1 is 1.35 bits per heavy atom. The van der Waals surface area contributed by atoms with Crippen LogP contribution in [-0.4, -0.2) is 24.5 Å². The van der Waals surface area contributed by atoms with Crippen LogP contribution >= 0.6 is 23.2 Å². The van der Waals surface area contributed by atoms with E-state index < -0.39 is 0 Å². The standard InChI is InChI=1S/C13H18Cl2N2/c1-17(9-4-2-5-9)12(8-16)13-10(14)6-3-7-11(13)15/h3,6-7,9,12H,2,4-5,8,16H2,1H3. The van der Waals surface area contributed by atoms with Crippen LogP contribution in [0.3, 0.4) is 0 Å². The van der Waals surface area contributed by atoms with Crippen LogP contribution in [0.2, 0.25) is 10.0 Å². The largest absolute Gasteiger partial charge is 0.329 e. The van der Waals surface area contributed by atoms with Crippen LogP contribution in [0.25, 0.3) is 0 Å². The molecule has 1 atom stereocenters. The van der Waals surface area contributed by atoms with Gasteiger partial charge in [-0.1, -0.05) is 35.7 Å². The molecule has 1 saturated carbocycles. The number of rotatable bonds is 4. The number of halogens is 2. The van der Waals surface area contributed by atoms with Crippen molar-refractivity contribution in [2.24, 2.45) is 5.73 Å². The summed E-state index contributed by atoms with van der Waals surface area (Å²) in [6.07, 6.45) is 3.80. The van der Waals surface area contributed by atoms with Gasteiger partial charge in [-0.05, 0) is 32.0 Å². The van der Waals surface area contributed by atoms with Crippen LogP contribution < -0.4 is 5.73 Å². The van der Waals surface area contributed by atoms with Gasteiger partial charge in [0.1, 0.15) is 0 Å². The van der Waals surface area contributed by atoms with Crippen molar-refractivity contribution in [1.29, 1.82) is 0 Å². The fourth-order valence-electron chi connectivity index (χ4n) is 2.37. The van der Waals surface area contributed by atoms with Crippen molar-refractivity contribution in [3.8, 4) is 0 Å². The Morgan fingerprint density at radius 3 is 2.35 bits per heavy atom. The van der Waals surface area contributed by atoms with Gasteiger partial charge in [-0.3, -0.25) is 4.90 Å². The molecular formula is C13H18Cl2N2. The third kappa shape index (κ3) is 2.60. The van der Waals surface area contributed by atoms with E-state index in [-0.39, 0.29) is 6.04 Å². The second-order valence-electron chi connectivity index (χ2n) is 4.64. The summed E-state index contributed by atoms with van der Waals surface area (Å²) in [5.41, 5.74) is 6.87. The number of hydrogen-bond donors (Lipinski definition) is 1. The zero-order valence-corrected chi connectivity index (χ0v) is 11.5. The SMILES string of the molecule is CN(C1CCC1)C(CN)c1c(Cl)cccc1Cl. The molecule has 17 heavy (non-hydrogen) atoms. The van der Waals surface area contributed by atoms with Gasteiger partial charge in [0.25, 0.3) is 0 Å². The number of hydrogen-bond acceptors (Lipinski definition) is 2. The lowest BCUT2D eigenvalue weighted by Gasteiger charge is -2.40. The van der Waals surface area contributed by atoms with Crippen molar-refractivity contribution in [3.63, 3.8) is 0 Å². The number of benzene rings is 1. The quantitative estimate of drug-likeness (QED) is 0.910. The molecule has 0 spiro atoms. The highest BCUT2D eigenvalue weighted by atomic mass is 35.5. The van der Waals surface area contributed by atoms with Crippen LogP contribution in [0.15, 0.2) is 18.2 Å². The molecule has 2 nitrogen and oxygen atoms in total. The van der Waals surface area contributed by atoms with Crippen molar-refractivity contribution in [2.45, 2.75) is 31.3 Å². The zero-order chi connectivity index (χ0) is 12.4. The fourth-order valence-corrected chi connectivity index (χ4v) is 3.01. The third-order valence-corrected chi connectivity index (χ3v) is 4.36. The summed E-state index contributed by atoms with van der Waals surface area (Å²) in [5, 5.41) is 1.42. The molecule has 4 heteroatoms. The van der Waals surface area contributed by atoms with Gasteiger partial charge in [-0.15, -0.1) is 0 Å². The minimum Gasteiger partial charge on any atom is -0.329 e. The molecule has 94 valence electrons. The van der Waals surface area contributed by atoms with E-state index in [1.807, 2.05) is 18.2 Å². The molecule has 0 saturated heterocycles. The van der Waals surface area contributed by atoms with Gasteiger partial charge in [-0.2, -0.15) is 0 Å². The second kappa shape index (κ2) is 5.57. The van der Waals surface area contributed by atoms with Crippen LogP contribution in [0.4, 0.5) is 0 Å².